The number of rotatable bonds is 3. The summed E-state index contributed by atoms with van der Waals surface area (Å²) in [5.74, 6) is 1.46. The van der Waals surface area contributed by atoms with Crippen molar-refractivity contribution in [1.82, 2.24) is 15.1 Å². The topological polar surface area (TPSA) is 76.0 Å². The van der Waals surface area contributed by atoms with Crippen LogP contribution in [0.5, 0.6) is 0 Å². The van der Waals surface area contributed by atoms with Crippen LogP contribution in [-0.4, -0.2) is 27.6 Å². The van der Waals surface area contributed by atoms with Crippen LogP contribution in [0.3, 0.4) is 0 Å². The van der Waals surface area contributed by atoms with Crippen molar-refractivity contribution in [3.8, 4) is 5.69 Å². The Morgan fingerprint density at radius 1 is 1.14 bits per heavy atom. The van der Waals surface area contributed by atoms with Gasteiger partial charge in [0, 0.05) is 23.1 Å². The van der Waals surface area contributed by atoms with Gasteiger partial charge < -0.3 is 10.6 Å². The summed E-state index contributed by atoms with van der Waals surface area (Å²) >= 11 is 1.77. The Bertz CT molecular complexity index is 953. The van der Waals surface area contributed by atoms with Gasteiger partial charge in [0.15, 0.2) is 0 Å². The van der Waals surface area contributed by atoms with Gasteiger partial charge in [-0.05, 0) is 44.2 Å². The molecule has 2 atom stereocenters. The molecule has 0 bridgehead atoms. The monoisotopic (exact) mass is 412 g/mol. The fraction of sp³-hybridized carbons (Fsp3) is 0.500. The van der Waals surface area contributed by atoms with E-state index in [0.29, 0.717) is 11.7 Å². The number of aromatic nitrogens is 2. The van der Waals surface area contributed by atoms with Crippen molar-refractivity contribution in [1.29, 1.82) is 0 Å². The molecular weight excluding hydrogens is 384 g/mol. The number of nitrogens with one attached hydrogen (secondary N) is 2. The average Bonchev–Trinajstić information content (AvgIpc) is 3.26. The van der Waals surface area contributed by atoms with Crippen LogP contribution in [-0.2, 0) is 21.1 Å². The molecule has 1 aliphatic heterocycles. The van der Waals surface area contributed by atoms with Gasteiger partial charge in [-0.2, -0.15) is 16.9 Å². The molecule has 6 nitrogen and oxygen atoms in total. The highest BCUT2D eigenvalue weighted by molar-refractivity contribution is 7.98. The van der Waals surface area contributed by atoms with E-state index < -0.39 is 11.8 Å². The highest BCUT2D eigenvalue weighted by atomic mass is 32.2. The van der Waals surface area contributed by atoms with E-state index in [2.05, 4.69) is 30.5 Å². The Morgan fingerprint density at radius 3 is 2.69 bits per heavy atom. The molecule has 0 unspecified atom stereocenters. The normalized spacial score (nSPS) is 20.9. The lowest BCUT2D eigenvalue weighted by Crippen LogP contribution is -2.46. The van der Waals surface area contributed by atoms with Crippen molar-refractivity contribution >= 4 is 29.4 Å². The Hall–Kier alpha value is -2.28. The van der Waals surface area contributed by atoms with Crippen molar-refractivity contribution in [2.24, 2.45) is 5.92 Å². The lowest BCUT2D eigenvalue weighted by Gasteiger charge is -2.29. The van der Waals surface area contributed by atoms with Crippen LogP contribution in [0, 0.1) is 19.8 Å². The van der Waals surface area contributed by atoms with Gasteiger partial charge in [0.1, 0.15) is 5.82 Å². The maximum atomic E-state index is 12.7. The van der Waals surface area contributed by atoms with Crippen LogP contribution in [0.2, 0.25) is 0 Å². The molecule has 2 aliphatic rings. The van der Waals surface area contributed by atoms with E-state index in [-0.39, 0.29) is 6.04 Å². The van der Waals surface area contributed by atoms with E-state index in [9.17, 15) is 9.59 Å². The lowest BCUT2D eigenvalue weighted by molar-refractivity contribution is -0.137. The summed E-state index contributed by atoms with van der Waals surface area (Å²) < 4.78 is 1.79. The predicted molar refractivity (Wildman–Crippen MR) is 116 cm³/mol. The summed E-state index contributed by atoms with van der Waals surface area (Å²) in [5, 5.41) is 10.6. The molecule has 0 spiro atoms. The third-order valence-corrected chi connectivity index (χ3v) is 6.97. The third-order valence-electron chi connectivity index (χ3n) is 6.00. The maximum Gasteiger partial charge on any atom is 0.314 e. The van der Waals surface area contributed by atoms with Gasteiger partial charge in [-0.25, -0.2) is 4.68 Å². The Kier molecular flexibility index (Phi) is 5.67. The van der Waals surface area contributed by atoms with Crippen molar-refractivity contribution in [3.63, 3.8) is 0 Å². The number of carbonyl (C=O) groups excluding carboxylic acids is 2. The molecule has 4 rings (SSSR count). The number of benzene rings is 1. The van der Waals surface area contributed by atoms with E-state index in [1.807, 2.05) is 19.1 Å². The summed E-state index contributed by atoms with van der Waals surface area (Å²) in [7, 11) is 0. The fourth-order valence-electron chi connectivity index (χ4n) is 4.29. The standard InChI is InChI=1S/C22H28N4O2S/c1-13-8-9-19(15(3)10-13)26-20(16-11-29-12-18(16)25-26)24-22(28)21(27)23-17-7-5-4-6-14(17)2/h8-10,14,17H,4-7,11-12H2,1-3H3,(H,23,27)(H,24,28)/t14-,17+/m0/s1. The predicted octanol–water partition coefficient (Wildman–Crippen LogP) is 3.87. The first-order valence-corrected chi connectivity index (χ1v) is 11.5. The smallest absolute Gasteiger partial charge is 0.314 e. The second kappa shape index (κ2) is 8.22. The molecule has 0 radical (unpaired) electrons. The van der Waals surface area contributed by atoms with Crippen LogP contribution < -0.4 is 10.6 Å². The lowest BCUT2D eigenvalue weighted by atomic mass is 9.86. The fourth-order valence-corrected chi connectivity index (χ4v) is 5.32. The van der Waals surface area contributed by atoms with Crippen LogP contribution in [0.15, 0.2) is 18.2 Å². The molecule has 29 heavy (non-hydrogen) atoms. The minimum atomic E-state index is -0.617. The first-order chi connectivity index (χ1) is 13.9. The minimum absolute atomic E-state index is 0.0764. The average molecular weight is 413 g/mol. The van der Waals surface area contributed by atoms with Crippen molar-refractivity contribution in [3.05, 3.63) is 40.6 Å². The Balaban J connectivity index is 1.58. The quantitative estimate of drug-likeness (QED) is 0.751. The molecular formula is C22H28N4O2S. The van der Waals surface area contributed by atoms with Crippen molar-refractivity contribution in [2.75, 3.05) is 5.32 Å². The summed E-state index contributed by atoms with van der Waals surface area (Å²) in [5.41, 5.74) is 5.17. The number of thioether (sulfide) groups is 1. The van der Waals surface area contributed by atoms with Gasteiger partial charge in [0.05, 0.1) is 11.4 Å². The molecule has 1 aromatic heterocycles. The molecule has 1 fully saturated rings. The summed E-state index contributed by atoms with van der Waals surface area (Å²) in [6.45, 7) is 6.23. The van der Waals surface area contributed by atoms with E-state index in [1.54, 1.807) is 16.4 Å². The van der Waals surface area contributed by atoms with Crippen molar-refractivity contribution in [2.45, 2.75) is 64.0 Å². The molecule has 2 amide bonds. The molecule has 2 N–H and O–H groups in total. The maximum absolute atomic E-state index is 12.7. The zero-order chi connectivity index (χ0) is 20.5. The van der Waals surface area contributed by atoms with Gasteiger partial charge in [-0.3, -0.25) is 9.59 Å². The first kappa shape index (κ1) is 20.0. The zero-order valence-corrected chi connectivity index (χ0v) is 18.1. The summed E-state index contributed by atoms with van der Waals surface area (Å²) in [4.78, 5) is 25.3. The Morgan fingerprint density at radius 2 is 1.93 bits per heavy atom. The van der Waals surface area contributed by atoms with Crippen LogP contribution in [0.1, 0.15) is 55.0 Å². The van der Waals surface area contributed by atoms with Gasteiger partial charge in [0.25, 0.3) is 0 Å². The van der Waals surface area contributed by atoms with Crippen LogP contribution in [0.25, 0.3) is 5.69 Å². The molecule has 2 heterocycles. The van der Waals surface area contributed by atoms with Crippen LogP contribution in [0.4, 0.5) is 5.82 Å². The number of nitrogens with zero attached hydrogens (tertiary/aromatic N) is 2. The highest BCUT2D eigenvalue weighted by Gasteiger charge is 2.29. The number of aryl methyl sites for hydroxylation is 2. The molecule has 1 aliphatic carbocycles. The number of amides is 2. The zero-order valence-electron chi connectivity index (χ0n) is 17.2. The molecule has 154 valence electrons. The number of anilines is 1. The van der Waals surface area contributed by atoms with Crippen LogP contribution >= 0.6 is 11.8 Å². The highest BCUT2D eigenvalue weighted by Crippen LogP contribution is 2.36. The van der Waals surface area contributed by atoms with Gasteiger partial charge >= 0.3 is 11.8 Å². The third kappa shape index (κ3) is 4.06. The summed E-state index contributed by atoms with van der Waals surface area (Å²) in [6, 6.07) is 6.22. The van der Waals surface area contributed by atoms with Gasteiger partial charge in [-0.15, -0.1) is 0 Å². The Labute approximate surface area is 175 Å². The number of hydrogen-bond acceptors (Lipinski definition) is 4. The van der Waals surface area contributed by atoms with Gasteiger partial charge in [-0.1, -0.05) is 37.5 Å². The van der Waals surface area contributed by atoms with E-state index >= 15 is 0 Å². The second-order valence-electron chi connectivity index (χ2n) is 8.26. The number of hydrogen-bond donors (Lipinski definition) is 2. The van der Waals surface area contributed by atoms with E-state index in [1.165, 1.54) is 12.0 Å². The minimum Gasteiger partial charge on any atom is -0.345 e. The first-order valence-electron chi connectivity index (χ1n) is 10.3. The van der Waals surface area contributed by atoms with Gasteiger partial charge in [0.2, 0.25) is 0 Å². The SMILES string of the molecule is Cc1ccc(-n2nc3c(c2NC(=O)C(=O)N[C@@H]2CCCC[C@@H]2C)CSC3)c(C)c1. The van der Waals surface area contributed by atoms with E-state index in [0.717, 1.165) is 53.3 Å². The number of fused-ring (bicyclic) bond motifs is 1. The molecule has 1 aromatic carbocycles. The van der Waals surface area contributed by atoms with E-state index in [4.69, 9.17) is 5.10 Å². The second-order valence-corrected chi connectivity index (χ2v) is 9.25. The molecule has 0 saturated heterocycles. The molecule has 7 heteroatoms. The summed E-state index contributed by atoms with van der Waals surface area (Å²) in [6.07, 6.45) is 4.32. The molecule has 2 aromatic rings. The largest absolute Gasteiger partial charge is 0.345 e. The molecule has 1 saturated carbocycles. The van der Waals surface area contributed by atoms with Crippen molar-refractivity contribution < 1.29 is 9.59 Å². The number of carbonyl (C=O) groups is 2.